The second-order valence-corrected chi connectivity index (χ2v) is 5.86. The third-order valence-corrected chi connectivity index (χ3v) is 4.44. The van der Waals surface area contributed by atoms with Crippen LogP contribution in [0.4, 0.5) is 0 Å². The first kappa shape index (κ1) is 14.3. The topological polar surface area (TPSA) is 17.1 Å². The molecule has 0 atom stereocenters. The van der Waals surface area contributed by atoms with Crippen LogP contribution in [0, 0.1) is 13.8 Å². The molecule has 1 nitrogen and oxygen atoms in total. The molecule has 0 N–H and O–H groups in total. The van der Waals surface area contributed by atoms with Crippen LogP contribution in [0.25, 0.3) is 0 Å². The molecule has 0 saturated heterocycles. The van der Waals surface area contributed by atoms with E-state index < -0.39 is 0 Å². The zero-order valence-corrected chi connectivity index (χ0v) is 13.2. The number of rotatable bonds is 3. The van der Waals surface area contributed by atoms with Gasteiger partial charge in [0.1, 0.15) is 0 Å². The molecule has 2 rings (SSSR count). The van der Waals surface area contributed by atoms with Crippen LogP contribution in [0.5, 0.6) is 0 Å². The number of benzene rings is 2. The molecule has 0 aliphatic rings. The predicted octanol–water partition coefficient (Wildman–Crippen LogP) is 5.14. The lowest BCUT2D eigenvalue weighted by atomic mass is 9.96. The van der Waals surface area contributed by atoms with Crippen LogP contribution in [-0.2, 0) is 6.42 Å². The number of ketones is 1. The largest absolute Gasteiger partial charge is 0.294 e. The van der Waals surface area contributed by atoms with Gasteiger partial charge in [-0.15, -0.1) is 0 Å². The Kier molecular flexibility index (Phi) is 4.43. The molecule has 0 aliphatic carbocycles. The summed E-state index contributed by atoms with van der Waals surface area (Å²) in [5.74, 6) is 0.106. The van der Waals surface area contributed by atoms with Crippen molar-refractivity contribution in [3.8, 4) is 0 Å². The zero-order valence-electron chi connectivity index (χ0n) is 10.8. The van der Waals surface area contributed by atoms with E-state index in [2.05, 4.69) is 15.9 Å². The fourth-order valence-electron chi connectivity index (χ4n) is 2.06. The predicted molar refractivity (Wildman–Crippen MR) is 83.1 cm³/mol. The Hall–Kier alpha value is -1.12. The molecule has 0 radical (unpaired) electrons. The summed E-state index contributed by atoms with van der Waals surface area (Å²) in [6, 6.07) is 11.4. The molecular weight excluding hydrogens is 324 g/mol. The molecule has 2 aromatic rings. The first-order valence-corrected chi connectivity index (χ1v) is 7.19. The number of carbonyl (C=O) groups is 1. The standard InChI is InChI=1S/C16H14BrClO/c1-10-4-3-5-11(2)13(10)9-16(19)12-6-7-15(18)14(17)8-12/h3-8H,9H2,1-2H3. The number of carbonyl (C=O) groups excluding carboxylic acids is 1. The van der Waals surface area contributed by atoms with Gasteiger partial charge in [0.15, 0.2) is 5.78 Å². The van der Waals surface area contributed by atoms with Gasteiger partial charge in [0, 0.05) is 16.5 Å². The normalized spacial score (nSPS) is 10.5. The summed E-state index contributed by atoms with van der Waals surface area (Å²) >= 11 is 9.28. The minimum absolute atomic E-state index is 0.106. The molecule has 0 aliphatic heterocycles. The third-order valence-electron chi connectivity index (χ3n) is 3.22. The molecule has 2 aromatic carbocycles. The lowest BCUT2D eigenvalue weighted by molar-refractivity contribution is 0.0992. The molecule has 0 bridgehead atoms. The van der Waals surface area contributed by atoms with E-state index in [9.17, 15) is 4.79 Å². The molecule has 19 heavy (non-hydrogen) atoms. The number of hydrogen-bond donors (Lipinski definition) is 0. The van der Waals surface area contributed by atoms with E-state index in [0.717, 1.165) is 21.2 Å². The number of Topliss-reactive ketones (excluding diaryl/α,β-unsaturated/α-hetero) is 1. The maximum absolute atomic E-state index is 12.3. The average molecular weight is 338 g/mol. The fourth-order valence-corrected chi connectivity index (χ4v) is 2.56. The fraction of sp³-hybridized carbons (Fsp3) is 0.188. The Morgan fingerprint density at radius 3 is 2.37 bits per heavy atom. The summed E-state index contributed by atoms with van der Waals surface area (Å²) in [5.41, 5.74) is 4.10. The summed E-state index contributed by atoms with van der Waals surface area (Å²) in [5, 5.41) is 0.614. The van der Waals surface area contributed by atoms with Crippen molar-refractivity contribution in [2.24, 2.45) is 0 Å². The minimum atomic E-state index is 0.106. The van der Waals surface area contributed by atoms with E-state index in [4.69, 9.17) is 11.6 Å². The molecule has 98 valence electrons. The van der Waals surface area contributed by atoms with Gasteiger partial charge in [-0.1, -0.05) is 29.8 Å². The Labute approximate surface area is 126 Å². The third kappa shape index (κ3) is 3.26. The van der Waals surface area contributed by atoms with Gasteiger partial charge < -0.3 is 0 Å². The van der Waals surface area contributed by atoms with Crippen LogP contribution in [-0.4, -0.2) is 5.78 Å². The summed E-state index contributed by atoms with van der Waals surface area (Å²) in [6.45, 7) is 4.07. The monoisotopic (exact) mass is 336 g/mol. The SMILES string of the molecule is Cc1cccc(C)c1CC(=O)c1ccc(Cl)c(Br)c1. The Bertz CT molecular complexity index is 614. The molecule has 0 unspecified atom stereocenters. The van der Waals surface area contributed by atoms with Crippen LogP contribution in [0.2, 0.25) is 5.02 Å². The van der Waals surface area contributed by atoms with Crippen LogP contribution in [0.15, 0.2) is 40.9 Å². The number of hydrogen-bond acceptors (Lipinski definition) is 1. The van der Waals surface area contributed by atoms with Gasteiger partial charge >= 0.3 is 0 Å². The van der Waals surface area contributed by atoms with Crippen molar-refractivity contribution < 1.29 is 4.79 Å². The quantitative estimate of drug-likeness (QED) is 0.708. The summed E-state index contributed by atoms with van der Waals surface area (Å²) in [4.78, 5) is 12.3. The summed E-state index contributed by atoms with van der Waals surface area (Å²) < 4.78 is 0.751. The van der Waals surface area contributed by atoms with Crippen molar-refractivity contribution in [3.05, 3.63) is 68.1 Å². The van der Waals surface area contributed by atoms with E-state index in [1.165, 1.54) is 0 Å². The lowest BCUT2D eigenvalue weighted by Gasteiger charge is -2.09. The van der Waals surface area contributed by atoms with Gasteiger partial charge in [0.2, 0.25) is 0 Å². The van der Waals surface area contributed by atoms with Gasteiger partial charge in [-0.3, -0.25) is 4.79 Å². The second kappa shape index (κ2) is 5.89. The minimum Gasteiger partial charge on any atom is -0.294 e. The highest BCUT2D eigenvalue weighted by atomic mass is 79.9. The van der Waals surface area contributed by atoms with Gasteiger partial charge in [-0.25, -0.2) is 0 Å². The highest BCUT2D eigenvalue weighted by Gasteiger charge is 2.12. The Balaban J connectivity index is 2.28. The molecule has 0 amide bonds. The molecule has 0 fully saturated rings. The molecule has 3 heteroatoms. The zero-order chi connectivity index (χ0) is 14.0. The molecule has 0 spiro atoms. The Morgan fingerprint density at radius 1 is 1.16 bits per heavy atom. The van der Waals surface area contributed by atoms with Crippen molar-refractivity contribution in [1.29, 1.82) is 0 Å². The van der Waals surface area contributed by atoms with Gasteiger partial charge in [0.05, 0.1) is 5.02 Å². The highest BCUT2D eigenvalue weighted by molar-refractivity contribution is 9.10. The van der Waals surface area contributed by atoms with E-state index >= 15 is 0 Å². The summed E-state index contributed by atoms with van der Waals surface area (Å²) in [7, 11) is 0. The maximum Gasteiger partial charge on any atom is 0.167 e. The molecule has 0 heterocycles. The number of aryl methyl sites for hydroxylation is 2. The lowest BCUT2D eigenvalue weighted by Crippen LogP contribution is -2.06. The van der Waals surface area contributed by atoms with Crippen molar-refractivity contribution in [1.82, 2.24) is 0 Å². The van der Waals surface area contributed by atoms with Crippen molar-refractivity contribution in [3.63, 3.8) is 0 Å². The first-order chi connectivity index (χ1) is 8.99. The van der Waals surface area contributed by atoms with Crippen LogP contribution in [0.1, 0.15) is 27.0 Å². The second-order valence-electron chi connectivity index (χ2n) is 4.60. The van der Waals surface area contributed by atoms with Crippen LogP contribution >= 0.6 is 27.5 Å². The summed E-state index contributed by atoms with van der Waals surface area (Å²) in [6.07, 6.45) is 0.423. The van der Waals surface area contributed by atoms with E-state index in [1.807, 2.05) is 32.0 Å². The molecule has 0 aromatic heterocycles. The van der Waals surface area contributed by atoms with Crippen molar-refractivity contribution >= 4 is 33.3 Å². The van der Waals surface area contributed by atoms with Gasteiger partial charge in [-0.2, -0.15) is 0 Å². The van der Waals surface area contributed by atoms with Crippen molar-refractivity contribution in [2.45, 2.75) is 20.3 Å². The first-order valence-electron chi connectivity index (χ1n) is 6.02. The van der Waals surface area contributed by atoms with Crippen LogP contribution in [0.3, 0.4) is 0 Å². The number of halogens is 2. The van der Waals surface area contributed by atoms with Crippen LogP contribution < -0.4 is 0 Å². The van der Waals surface area contributed by atoms with Crippen molar-refractivity contribution in [2.75, 3.05) is 0 Å². The Morgan fingerprint density at radius 2 is 1.79 bits per heavy atom. The van der Waals surface area contributed by atoms with E-state index in [0.29, 0.717) is 17.0 Å². The smallest absolute Gasteiger partial charge is 0.167 e. The average Bonchev–Trinajstić information content (AvgIpc) is 2.37. The van der Waals surface area contributed by atoms with Gasteiger partial charge in [-0.05, 0) is 64.7 Å². The maximum atomic E-state index is 12.3. The molecule has 0 saturated carbocycles. The van der Waals surface area contributed by atoms with Gasteiger partial charge in [0.25, 0.3) is 0 Å². The van der Waals surface area contributed by atoms with E-state index in [-0.39, 0.29) is 5.78 Å². The highest BCUT2D eigenvalue weighted by Crippen LogP contribution is 2.24. The van der Waals surface area contributed by atoms with E-state index in [1.54, 1.807) is 18.2 Å². The molecular formula is C16H14BrClO.